The molecule has 0 heterocycles. The van der Waals surface area contributed by atoms with Crippen LogP contribution in [0.4, 0.5) is 10.1 Å². The summed E-state index contributed by atoms with van der Waals surface area (Å²) in [5.41, 5.74) is 1.18. The summed E-state index contributed by atoms with van der Waals surface area (Å²) in [5, 5.41) is 2.88. The molecule has 252 valence electrons. The molecule has 0 radical (unpaired) electrons. The lowest BCUT2D eigenvalue weighted by molar-refractivity contribution is -0.140. The molecule has 0 aliphatic heterocycles. The third kappa shape index (κ3) is 9.11. The Labute approximate surface area is 286 Å². The van der Waals surface area contributed by atoms with Crippen LogP contribution in [0.25, 0.3) is 0 Å². The molecule has 1 N–H and O–H groups in total. The molecule has 0 aliphatic carbocycles. The highest BCUT2D eigenvalue weighted by Crippen LogP contribution is 2.29. The number of nitrogens with one attached hydrogen (secondary N) is 1. The second-order valence-corrected chi connectivity index (χ2v) is 13.2. The van der Waals surface area contributed by atoms with Crippen molar-refractivity contribution in [2.75, 3.05) is 17.4 Å². The molecule has 10 heteroatoms. The number of hydrogen-bond donors (Lipinski definition) is 1. The van der Waals surface area contributed by atoms with E-state index in [-0.39, 0.29) is 29.1 Å². The summed E-state index contributed by atoms with van der Waals surface area (Å²) in [7, 11) is -4.28. The van der Waals surface area contributed by atoms with Crippen LogP contribution in [0.15, 0.2) is 144 Å². The average molecular weight is 680 g/mol. The number of rotatable bonds is 15. The molecule has 0 aliphatic rings. The molecule has 0 saturated carbocycles. The fourth-order valence-corrected chi connectivity index (χ4v) is 6.72. The van der Waals surface area contributed by atoms with E-state index in [1.807, 2.05) is 55.5 Å². The lowest BCUT2D eigenvalue weighted by Crippen LogP contribution is -2.53. The molecule has 0 aromatic heterocycles. The Kier molecular flexibility index (Phi) is 11.8. The number of carbonyl (C=O) groups excluding carboxylic acids is 2. The number of amides is 2. The molecular weight excluding hydrogens is 642 g/mol. The van der Waals surface area contributed by atoms with Crippen molar-refractivity contribution >= 4 is 27.5 Å². The minimum absolute atomic E-state index is 0.0189. The van der Waals surface area contributed by atoms with Crippen LogP contribution in [0, 0.1) is 5.82 Å². The molecule has 5 aromatic carbocycles. The summed E-state index contributed by atoms with van der Waals surface area (Å²) >= 11 is 0. The molecule has 0 spiro atoms. The van der Waals surface area contributed by atoms with Gasteiger partial charge in [-0.25, -0.2) is 12.8 Å². The van der Waals surface area contributed by atoms with E-state index < -0.39 is 40.2 Å². The van der Waals surface area contributed by atoms with E-state index >= 15 is 4.39 Å². The van der Waals surface area contributed by atoms with E-state index in [0.717, 1.165) is 9.87 Å². The van der Waals surface area contributed by atoms with Gasteiger partial charge in [-0.05, 0) is 66.6 Å². The predicted octanol–water partition coefficient (Wildman–Crippen LogP) is 6.98. The van der Waals surface area contributed by atoms with Crippen molar-refractivity contribution < 1.29 is 27.1 Å². The van der Waals surface area contributed by atoms with Crippen LogP contribution < -0.4 is 14.4 Å². The quantitative estimate of drug-likeness (QED) is 0.129. The molecule has 49 heavy (non-hydrogen) atoms. The monoisotopic (exact) mass is 679 g/mol. The Morgan fingerprint density at radius 2 is 1.33 bits per heavy atom. The first kappa shape index (κ1) is 34.8. The van der Waals surface area contributed by atoms with E-state index in [0.29, 0.717) is 24.5 Å². The standard InChI is InChI=1S/C39H38FN3O5S/c1-2-26-41-39(45)37(27-30-14-6-3-7-15-30)42(28-31-16-12-13-21-36(31)40)38(44)29-43(49(46,47)35-19-10-5-11-20-35)32-22-24-34(25-23-32)48-33-17-8-4-9-18-33/h3-25,37H,2,26-29H2,1H3,(H,41,45)/t37-/m0/s1. The highest BCUT2D eigenvalue weighted by molar-refractivity contribution is 7.92. The molecule has 5 rings (SSSR count). The fraction of sp³-hybridized carbons (Fsp3) is 0.179. The van der Waals surface area contributed by atoms with E-state index in [1.54, 1.807) is 72.8 Å². The SMILES string of the molecule is CCCNC(=O)[C@H](Cc1ccccc1)N(Cc1ccccc1F)C(=O)CN(c1ccc(Oc2ccccc2)cc1)S(=O)(=O)c1ccccc1. The van der Waals surface area contributed by atoms with E-state index in [4.69, 9.17) is 4.74 Å². The summed E-state index contributed by atoms with van der Waals surface area (Å²) in [6, 6.07) is 37.4. The molecule has 5 aromatic rings. The van der Waals surface area contributed by atoms with Crippen molar-refractivity contribution in [3.8, 4) is 11.5 Å². The lowest BCUT2D eigenvalue weighted by Gasteiger charge is -2.34. The van der Waals surface area contributed by atoms with Crippen molar-refractivity contribution in [3.63, 3.8) is 0 Å². The van der Waals surface area contributed by atoms with Gasteiger partial charge in [0.15, 0.2) is 0 Å². The van der Waals surface area contributed by atoms with Gasteiger partial charge in [-0.1, -0.05) is 91.9 Å². The first-order valence-electron chi connectivity index (χ1n) is 16.0. The zero-order valence-electron chi connectivity index (χ0n) is 27.1. The molecular formula is C39H38FN3O5S. The minimum Gasteiger partial charge on any atom is -0.457 e. The maximum Gasteiger partial charge on any atom is 0.264 e. The number of carbonyl (C=O) groups is 2. The van der Waals surface area contributed by atoms with E-state index in [2.05, 4.69) is 5.32 Å². The van der Waals surface area contributed by atoms with Crippen LogP contribution in [-0.2, 0) is 32.6 Å². The van der Waals surface area contributed by atoms with E-state index in [1.165, 1.54) is 23.1 Å². The molecule has 0 unspecified atom stereocenters. The Morgan fingerprint density at radius 3 is 1.96 bits per heavy atom. The van der Waals surface area contributed by atoms with E-state index in [9.17, 15) is 18.0 Å². The van der Waals surface area contributed by atoms with Gasteiger partial charge >= 0.3 is 0 Å². The summed E-state index contributed by atoms with van der Waals surface area (Å²) in [6.45, 7) is 1.37. The summed E-state index contributed by atoms with van der Waals surface area (Å²) in [4.78, 5) is 29.5. The number of anilines is 1. The van der Waals surface area contributed by atoms with Gasteiger partial charge < -0.3 is 15.0 Å². The lowest BCUT2D eigenvalue weighted by atomic mass is 10.0. The Hall–Kier alpha value is -5.48. The van der Waals surface area contributed by atoms with Crippen molar-refractivity contribution in [2.24, 2.45) is 0 Å². The Balaban J connectivity index is 1.55. The minimum atomic E-state index is -4.28. The van der Waals surface area contributed by atoms with Gasteiger partial charge in [0.25, 0.3) is 10.0 Å². The normalized spacial score (nSPS) is 11.7. The summed E-state index contributed by atoms with van der Waals surface area (Å²) in [6.07, 6.45) is 0.797. The zero-order valence-corrected chi connectivity index (χ0v) is 27.9. The number of benzene rings is 5. The highest BCUT2D eigenvalue weighted by atomic mass is 32.2. The summed E-state index contributed by atoms with van der Waals surface area (Å²) in [5.74, 6) is -0.575. The van der Waals surface area contributed by atoms with Gasteiger partial charge in [0.1, 0.15) is 29.9 Å². The number of para-hydroxylation sites is 1. The van der Waals surface area contributed by atoms with Gasteiger partial charge in [-0.15, -0.1) is 0 Å². The Morgan fingerprint density at radius 1 is 0.755 bits per heavy atom. The van der Waals surface area contributed by atoms with Crippen LogP contribution >= 0.6 is 0 Å². The highest BCUT2D eigenvalue weighted by Gasteiger charge is 2.35. The molecule has 1 atom stereocenters. The second kappa shape index (κ2) is 16.6. The van der Waals surface area contributed by atoms with Crippen molar-refractivity contribution in [1.29, 1.82) is 0 Å². The smallest absolute Gasteiger partial charge is 0.264 e. The maximum absolute atomic E-state index is 15.1. The average Bonchev–Trinajstić information content (AvgIpc) is 3.13. The number of sulfonamides is 1. The van der Waals surface area contributed by atoms with Gasteiger partial charge in [0.2, 0.25) is 11.8 Å². The third-order valence-corrected chi connectivity index (χ3v) is 9.62. The molecule has 0 bridgehead atoms. The number of halogens is 1. The fourth-order valence-electron chi connectivity index (χ4n) is 5.28. The van der Waals surface area contributed by atoms with Gasteiger partial charge in [-0.2, -0.15) is 0 Å². The van der Waals surface area contributed by atoms with Crippen LogP contribution in [0.1, 0.15) is 24.5 Å². The number of hydrogen-bond acceptors (Lipinski definition) is 5. The van der Waals surface area contributed by atoms with Crippen LogP contribution in [0.5, 0.6) is 11.5 Å². The second-order valence-electron chi connectivity index (χ2n) is 11.3. The first-order valence-corrected chi connectivity index (χ1v) is 17.5. The van der Waals surface area contributed by atoms with Gasteiger partial charge in [0.05, 0.1) is 10.6 Å². The molecule has 8 nitrogen and oxygen atoms in total. The van der Waals surface area contributed by atoms with Crippen LogP contribution in [-0.4, -0.2) is 44.3 Å². The van der Waals surface area contributed by atoms with Crippen molar-refractivity contribution in [1.82, 2.24) is 10.2 Å². The summed E-state index contributed by atoms with van der Waals surface area (Å²) < 4.78 is 50.4. The third-order valence-electron chi connectivity index (χ3n) is 7.83. The first-order chi connectivity index (χ1) is 23.8. The van der Waals surface area contributed by atoms with Crippen LogP contribution in [0.3, 0.4) is 0 Å². The number of ether oxygens (including phenoxy) is 1. The molecule has 2 amide bonds. The topological polar surface area (TPSA) is 96.0 Å². The van der Waals surface area contributed by atoms with Crippen molar-refractivity contribution in [2.45, 2.75) is 37.2 Å². The predicted molar refractivity (Wildman–Crippen MR) is 188 cm³/mol. The van der Waals surface area contributed by atoms with Crippen molar-refractivity contribution in [3.05, 3.63) is 156 Å². The largest absolute Gasteiger partial charge is 0.457 e. The Bertz CT molecular complexity index is 1930. The maximum atomic E-state index is 15.1. The molecule has 0 fully saturated rings. The zero-order chi connectivity index (χ0) is 34.6. The molecule has 0 saturated heterocycles. The van der Waals surface area contributed by atoms with Gasteiger partial charge in [0, 0.05) is 25.1 Å². The van der Waals surface area contributed by atoms with Crippen LogP contribution in [0.2, 0.25) is 0 Å². The van der Waals surface area contributed by atoms with Gasteiger partial charge in [-0.3, -0.25) is 13.9 Å². The number of nitrogens with zero attached hydrogens (tertiary/aromatic N) is 2.